The van der Waals surface area contributed by atoms with Gasteiger partial charge in [0.15, 0.2) is 6.23 Å². The topological polar surface area (TPSA) is 72.4 Å². The summed E-state index contributed by atoms with van der Waals surface area (Å²) >= 11 is 5.78. The fourth-order valence-electron chi connectivity index (χ4n) is 4.05. The number of aromatic nitrogens is 1. The molecular weight excluding hydrogens is 466 g/mol. The van der Waals surface area contributed by atoms with E-state index in [1.807, 2.05) is 6.92 Å². The predicted molar refractivity (Wildman–Crippen MR) is 115 cm³/mol. The van der Waals surface area contributed by atoms with Crippen molar-refractivity contribution in [1.29, 1.82) is 0 Å². The van der Waals surface area contributed by atoms with Gasteiger partial charge in [-0.2, -0.15) is 13.2 Å². The van der Waals surface area contributed by atoms with Crippen LogP contribution in [0.1, 0.15) is 58.4 Å². The van der Waals surface area contributed by atoms with E-state index in [1.165, 1.54) is 12.1 Å². The Bertz CT molecular complexity index is 1080. The Morgan fingerprint density at radius 1 is 1.30 bits per heavy atom. The molecule has 0 fully saturated rings. The first kappa shape index (κ1) is 25.2. The summed E-state index contributed by atoms with van der Waals surface area (Å²) in [6.07, 6.45) is -4.98. The van der Waals surface area contributed by atoms with E-state index >= 15 is 0 Å². The summed E-state index contributed by atoms with van der Waals surface area (Å²) in [5.41, 5.74) is 1.52. The van der Waals surface area contributed by atoms with E-state index < -0.39 is 36.0 Å². The molecule has 11 heteroatoms. The lowest BCUT2D eigenvalue weighted by Crippen LogP contribution is -2.49. The van der Waals surface area contributed by atoms with Gasteiger partial charge in [-0.3, -0.25) is 14.9 Å². The molecule has 1 aliphatic heterocycles. The summed E-state index contributed by atoms with van der Waals surface area (Å²) in [7, 11) is 1.14. The van der Waals surface area contributed by atoms with Crippen molar-refractivity contribution in [3.63, 3.8) is 0 Å². The molecule has 0 aliphatic carbocycles. The Kier molecular flexibility index (Phi) is 7.21. The normalized spacial score (nSPS) is 17.5. The Hall–Kier alpha value is -2.43. The SMILES string of the molecule is COC(N[C@H](C)C(F)(F)F)C(=O)c1c(C)c(C(=O)Nc2ccc(F)c(Cl)c2)n2c1CC[C@H]2C. The van der Waals surface area contributed by atoms with Gasteiger partial charge in [0.1, 0.15) is 17.6 Å². The molecular formula is C22H24ClF4N3O3. The van der Waals surface area contributed by atoms with Crippen LogP contribution in [0.3, 0.4) is 0 Å². The maximum absolute atomic E-state index is 13.4. The number of hydrogen-bond acceptors (Lipinski definition) is 4. The van der Waals surface area contributed by atoms with Crippen LogP contribution < -0.4 is 10.6 Å². The molecule has 0 saturated carbocycles. The highest BCUT2D eigenvalue weighted by molar-refractivity contribution is 6.31. The van der Waals surface area contributed by atoms with E-state index in [9.17, 15) is 27.2 Å². The molecule has 1 unspecified atom stereocenters. The lowest BCUT2D eigenvalue weighted by molar-refractivity contribution is -0.158. The smallest absolute Gasteiger partial charge is 0.359 e. The molecule has 0 spiro atoms. The van der Waals surface area contributed by atoms with E-state index in [0.29, 0.717) is 24.1 Å². The Morgan fingerprint density at radius 3 is 2.55 bits per heavy atom. The molecule has 1 aliphatic rings. The highest BCUT2D eigenvalue weighted by atomic mass is 35.5. The van der Waals surface area contributed by atoms with E-state index in [4.69, 9.17) is 16.3 Å². The number of ether oxygens (including phenoxy) is 1. The highest BCUT2D eigenvalue weighted by Gasteiger charge is 2.41. The van der Waals surface area contributed by atoms with Crippen molar-refractivity contribution in [2.75, 3.05) is 12.4 Å². The second-order valence-electron chi connectivity index (χ2n) is 8.05. The number of methoxy groups -OCH3 is 1. The summed E-state index contributed by atoms with van der Waals surface area (Å²) in [5, 5.41) is 4.65. The van der Waals surface area contributed by atoms with Gasteiger partial charge in [0.05, 0.1) is 5.02 Å². The lowest BCUT2D eigenvalue weighted by Gasteiger charge is -2.23. The van der Waals surface area contributed by atoms with Crippen LogP contribution in [0.15, 0.2) is 18.2 Å². The van der Waals surface area contributed by atoms with E-state index in [-0.39, 0.29) is 28.0 Å². The molecule has 3 atom stereocenters. The zero-order valence-electron chi connectivity index (χ0n) is 18.4. The van der Waals surface area contributed by atoms with E-state index in [1.54, 1.807) is 11.5 Å². The number of halogens is 5. The fraction of sp³-hybridized carbons (Fsp3) is 0.455. The highest BCUT2D eigenvalue weighted by Crippen LogP contribution is 2.36. The second-order valence-corrected chi connectivity index (χ2v) is 8.45. The zero-order chi connectivity index (χ0) is 24.7. The maximum atomic E-state index is 13.4. The van der Waals surface area contributed by atoms with Gasteiger partial charge < -0.3 is 14.6 Å². The third-order valence-corrected chi connectivity index (χ3v) is 6.08. The van der Waals surface area contributed by atoms with Gasteiger partial charge in [0.25, 0.3) is 5.91 Å². The van der Waals surface area contributed by atoms with E-state index in [2.05, 4.69) is 10.6 Å². The van der Waals surface area contributed by atoms with Crippen LogP contribution in [0.2, 0.25) is 5.02 Å². The van der Waals surface area contributed by atoms with Crippen molar-refractivity contribution in [3.05, 3.63) is 51.6 Å². The molecule has 33 heavy (non-hydrogen) atoms. The molecule has 2 aromatic rings. The number of anilines is 1. The number of hydrogen-bond donors (Lipinski definition) is 2. The Morgan fingerprint density at radius 2 is 1.97 bits per heavy atom. The van der Waals surface area contributed by atoms with Gasteiger partial charge >= 0.3 is 6.18 Å². The lowest BCUT2D eigenvalue weighted by atomic mass is 10.0. The number of rotatable bonds is 7. The van der Waals surface area contributed by atoms with Gasteiger partial charge in [-0.25, -0.2) is 4.39 Å². The number of fused-ring (bicyclic) bond motifs is 1. The fourth-order valence-corrected chi connectivity index (χ4v) is 4.23. The molecule has 0 bridgehead atoms. The molecule has 180 valence electrons. The summed E-state index contributed by atoms with van der Waals surface area (Å²) < 4.78 is 59.3. The van der Waals surface area contributed by atoms with Crippen molar-refractivity contribution in [2.24, 2.45) is 0 Å². The van der Waals surface area contributed by atoms with Crippen molar-refractivity contribution >= 4 is 29.0 Å². The van der Waals surface area contributed by atoms with Crippen molar-refractivity contribution in [2.45, 2.75) is 58.1 Å². The first-order valence-corrected chi connectivity index (χ1v) is 10.6. The predicted octanol–water partition coefficient (Wildman–Crippen LogP) is 5.04. The number of nitrogens with one attached hydrogen (secondary N) is 2. The molecule has 0 radical (unpaired) electrons. The average Bonchev–Trinajstić information content (AvgIpc) is 3.23. The molecule has 2 heterocycles. The quantitative estimate of drug-likeness (QED) is 0.324. The zero-order valence-corrected chi connectivity index (χ0v) is 19.2. The number of carbonyl (C=O) groups is 2. The molecule has 1 aromatic heterocycles. The minimum atomic E-state index is -4.56. The van der Waals surface area contributed by atoms with Crippen LogP contribution in [-0.2, 0) is 11.2 Å². The summed E-state index contributed by atoms with van der Waals surface area (Å²) in [6.45, 7) is 4.34. The van der Waals surface area contributed by atoms with Crippen LogP contribution in [0.25, 0.3) is 0 Å². The van der Waals surface area contributed by atoms with Crippen LogP contribution in [-0.4, -0.2) is 41.8 Å². The molecule has 2 N–H and O–H groups in total. The van der Waals surface area contributed by atoms with Gasteiger partial charge in [-0.05, 0) is 57.4 Å². The van der Waals surface area contributed by atoms with Gasteiger partial charge in [0, 0.05) is 30.1 Å². The molecule has 0 saturated heterocycles. The second kappa shape index (κ2) is 9.44. The van der Waals surface area contributed by atoms with E-state index in [0.717, 1.165) is 20.1 Å². The number of carbonyl (C=O) groups excluding carboxylic acids is 2. The molecule has 3 rings (SSSR count). The van der Waals surface area contributed by atoms with Gasteiger partial charge in [0.2, 0.25) is 5.78 Å². The first-order valence-electron chi connectivity index (χ1n) is 10.3. The summed E-state index contributed by atoms with van der Waals surface area (Å²) in [6, 6.07) is 1.63. The number of nitrogens with zero attached hydrogens (tertiary/aromatic N) is 1. The average molecular weight is 490 g/mol. The summed E-state index contributed by atoms with van der Waals surface area (Å²) in [5.74, 6) is -1.87. The number of benzene rings is 1. The molecule has 1 aromatic carbocycles. The third-order valence-electron chi connectivity index (χ3n) is 5.80. The first-order chi connectivity index (χ1) is 15.4. The Labute approximate surface area is 193 Å². The maximum Gasteiger partial charge on any atom is 0.403 e. The largest absolute Gasteiger partial charge is 0.403 e. The van der Waals surface area contributed by atoms with Crippen LogP contribution in [0.4, 0.5) is 23.2 Å². The minimum Gasteiger partial charge on any atom is -0.359 e. The number of Topliss-reactive ketones (excluding diaryl/α,β-unsaturated/α-hetero) is 1. The minimum absolute atomic E-state index is 0.110. The number of amides is 1. The van der Waals surface area contributed by atoms with Gasteiger partial charge in [-0.1, -0.05) is 11.6 Å². The third kappa shape index (κ3) is 4.92. The van der Waals surface area contributed by atoms with Crippen LogP contribution in [0, 0.1) is 12.7 Å². The van der Waals surface area contributed by atoms with Crippen molar-refractivity contribution < 1.29 is 31.9 Å². The van der Waals surface area contributed by atoms with Crippen LogP contribution in [0.5, 0.6) is 0 Å². The van der Waals surface area contributed by atoms with Crippen molar-refractivity contribution in [3.8, 4) is 0 Å². The van der Waals surface area contributed by atoms with Gasteiger partial charge in [-0.15, -0.1) is 0 Å². The molecule has 1 amide bonds. The number of ketones is 1. The standard InChI is InChI=1S/C22H24ClF4N3O3/c1-10-5-8-16-17(19(31)21(33-4)28-12(3)22(25,26)27)11(2)18(30(10)16)20(32)29-13-6-7-15(24)14(23)9-13/h6-7,9-10,12,21,28H,5,8H2,1-4H3,(H,29,32)/t10-,12-,21?/m1/s1. The van der Waals surface area contributed by atoms with Crippen molar-refractivity contribution in [1.82, 2.24) is 9.88 Å². The Balaban J connectivity index is 1.98. The number of alkyl halides is 3. The monoisotopic (exact) mass is 489 g/mol. The molecule has 6 nitrogen and oxygen atoms in total. The summed E-state index contributed by atoms with van der Waals surface area (Å²) in [4.78, 5) is 26.4. The van der Waals surface area contributed by atoms with Crippen LogP contribution >= 0.6 is 11.6 Å².